The smallest absolute Gasteiger partial charge is 0.324 e. The third kappa shape index (κ3) is 1.76. The van der Waals surface area contributed by atoms with Crippen LogP contribution < -0.4 is 5.32 Å². The van der Waals surface area contributed by atoms with Crippen LogP contribution in [-0.2, 0) is 20.9 Å². The van der Waals surface area contributed by atoms with Gasteiger partial charge in [0.15, 0.2) is 5.92 Å². The van der Waals surface area contributed by atoms with Crippen molar-refractivity contribution in [3.8, 4) is 0 Å². The summed E-state index contributed by atoms with van der Waals surface area (Å²) in [4.78, 5) is 27.4. The minimum atomic E-state index is -0.926. The lowest BCUT2D eigenvalue weighted by Crippen LogP contribution is -2.39. The maximum atomic E-state index is 11.6. The number of esters is 1. The number of hydrogen-bond acceptors (Lipinski definition) is 4. The summed E-state index contributed by atoms with van der Waals surface area (Å²) in [5, 5.41) is 2.65. The number of nitrogens with one attached hydrogen (secondary N) is 1. The third-order valence-corrected chi connectivity index (χ3v) is 2.44. The highest BCUT2D eigenvalue weighted by molar-refractivity contribution is 6.04. The normalized spacial score (nSPS) is 18.6. The zero-order valence-electron chi connectivity index (χ0n) is 8.90. The Kier molecular flexibility index (Phi) is 2.85. The molecule has 0 radical (unpaired) electrons. The summed E-state index contributed by atoms with van der Waals surface area (Å²) in [6.07, 6.45) is 1.57. The molecule has 0 saturated carbocycles. The molecule has 0 aliphatic carbocycles. The Morgan fingerprint density at radius 2 is 2.50 bits per heavy atom. The SMILES string of the molecule is CCOC(=O)[C@@H]1C(=O)NCc2cccnc21. The molecule has 1 aromatic rings. The van der Waals surface area contributed by atoms with Gasteiger partial charge in [-0.3, -0.25) is 14.6 Å². The lowest BCUT2D eigenvalue weighted by molar-refractivity contribution is -0.148. The molecular formula is C11H12N2O3. The van der Waals surface area contributed by atoms with Crippen LogP contribution in [-0.4, -0.2) is 23.5 Å². The van der Waals surface area contributed by atoms with Crippen LogP contribution in [0.5, 0.6) is 0 Å². The fourth-order valence-electron chi connectivity index (χ4n) is 1.71. The van der Waals surface area contributed by atoms with Crippen molar-refractivity contribution in [2.45, 2.75) is 19.4 Å². The number of fused-ring (bicyclic) bond motifs is 1. The number of hydrogen-bond donors (Lipinski definition) is 1. The molecule has 1 aliphatic heterocycles. The summed E-state index contributed by atoms with van der Waals surface area (Å²) in [6.45, 7) is 2.38. The van der Waals surface area contributed by atoms with Crippen molar-refractivity contribution in [1.82, 2.24) is 10.3 Å². The van der Waals surface area contributed by atoms with E-state index in [2.05, 4.69) is 10.3 Å². The van der Waals surface area contributed by atoms with E-state index in [4.69, 9.17) is 4.74 Å². The Balaban J connectivity index is 2.37. The van der Waals surface area contributed by atoms with Crippen LogP contribution in [0.4, 0.5) is 0 Å². The molecule has 16 heavy (non-hydrogen) atoms. The number of carbonyl (C=O) groups is 2. The van der Waals surface area contributed by atoms with Crippen molar-refractivity contribution >= 4 is 11.9 Å². The molecule has 2 heterocycles. The molecule has 2 rings (SSSR count). The van der Waals surface area contributed by atoms with Gasteiger partial charge in [-0.25, -0.2) is 0 Å². The second-order valence-corrected chi connectivity index (χ2v) is 3.45. The second-order valence-electron chi connectivity index (χ2n) is 3.45. The maximum Gasteiger partial charge on any atom is 0.324 e. The predicted molar refractivity (Wildman–Crippen MR) is 55.5 cm³/mol. The van der Waals surface area contributed by atoms with Gasteiger partial charge >= 0.3 is 5.97 Å². The quantitative estimate of drug-likeness (QED) is 0.577. The van der Waals surface area contributed by atoms with Crippen molar-refractivity contribution in [3.05, 3.63) is 29.6 Å². The summed E-state index contributed by atoms with van der Waals surface area (Å²) in [5.41, 5.74) is 1.37. The van der Waals surface area contributed by atoms with Gasteiger partial charge in [0.2, 0.25) is 5.91 Å². The van der Waals surface area contributed by atoms with E-state index in [-0.39, 0.29) is 12.5 Å². The van der Waals surface area contributed by atoms with Gasteiger partial charge in [-0.1, -0.05) is 6.07 Å². The highest BCUT2D eigenvalue weighted by atomic mass is 16.5. The summed E-state index contributed by atoms with van der Waals surface area (Å²) in [5.74, 6) is -1.81. The molecule has 0 saturated heterocycles. The molecule has 0 fully saturated rings. The molecule has 5 nitrogen and oxygen atoms in total. The van der Waals surface area contributed by atoms with E-state index in [0.717, 1.165) is 5.56 Å². The van der Waals surface area contributed by atoms with E-state index < -0.39 is 11.9 Å². The second kappa shape index (κ2) is 4.30. The topological polar surface area (TPSA) is 68.3 Å². The lowest BCUT2D eigenvalue weighted by atomic mass is 9.95. The van der Waals surface area contributed by atoms with E-state index in [0.29, 0.717) is 12.2 Å². The van der Waals surface area contributed by atoms with E-state index in [1.165, 1.54) is 0 Å². The van der Waals surface area contributed by atoms with Crippen LogP contribution in [0.25, 0.3) is 0 Å². The van der Waals surface area contributed by atoms with Crippen molar-refractivity contribution < 1.29 is 14.3 Å². The maximum absolute atomic E-state index is 11.6. The number of aromatic nitrogens is 1. The van der Waals surface area contributed by atoms with Gasteiger partial charge in [0.1, 0.15) is 0 Å². The van der Waals surface area contributed by atoms with Crippen LogP contribution in [0.3, 0.4) is 0 Å². The minimum Gasteiger partial charge on any atom is -0.465 e. The van der Waals surface area contributed by atoms with Gasteiger partial charge in [-0.15, -0.1) is 0 Å². The van der Waals surface area contributed by atoms with E-state index in [9.17, 15) is 9.59 Å². The summed E-state index contributed by atoms with van der Waals surface area (Å²) in [6, 6.07) is 3.62. The van der Waals surface area contributed by atoms with Gasteiger partial charge in [-0.05, 0) is 18.6 Å². The van der Waals surface area contributed by atoms with Crippen LogP contribution in [0.1, 0.15) is 24.1 Å². The van der Waals surface area contributed by atoms with Gasteiger partial charge in [-0.2, -0.15) is 0 Å². The lowest BCUT2D eigenvalue weighted by Gasteiger charge is -2.22. The average molecular weight is 220 g/mol. The minimum absolute atomic E-state index is 0.255. The molecule has 1 atom stereocenters. The number of nitrogens with zero attached hydrogens (tertiary/aromatic N) is 1. The summed E-state index contributed by atoms with van der Waals surface area (Å²) in [7, 11) is 0. The molecule has 5 heteroatoms. The van der Waals surface area contributed by atoms with Gasteiger partial charge < -0.3 is 10.1 Å². The van der Waals surface area contributed by atoms with E-state index >= 15 is 0 Å². The molecular weight excluding hydrogens is 208 g/mol. The Morgan fingerprint density at radius 3 is 3.25 bits per heavy atom. The Labute approximate surface area is 92.8 Å². The standard InChI is InChI=1S/C11H12N2O3/c1-2-16-11(15)8-9-7(4-3-5-12-9)6-13-10(8)14/h3-5,8H,2,6H2,1H3,(H,13,14)/t8-/m0/s1. The Hall–Kier alpha value is -1.91. The van der Waals surface area contributed by atoms with Crippen molar-refractivity contribution in [3.63, 3.8) is 0 Å². The van der Waals surface area contributed by atoms with Gasteiger partial charge in [0.25, 0.3) is 0 Å². The first kappa shape index (κ1) is 10.6. The van der Waals surface area contributed by atoms with Crippen LogP contribution in [0.2, 0.25) is 0 Å². The molecule has 0 bridgehead atoms. The average Bonchev–Trinajstić information content (AvgIpc) is 2.29. The van der Waals surface area contributed by atoms with E-state index in [1.807, 2.05) is 6.07 Å². The van der Waals surface area contributed by atoms with Crippen LogP contribution >= 0.6 is 0 Å². The molecule has 1 N–H and O–H groups in total. The van der Waals surface area contributed by atoms with Gasteiger partial charge in [0, 0.05) is 12.7 Å². The number of ether oxygens (including phenoxy) is 1. The fraction of sp³-hybridized carbons (Fsp3) is 0.364. The van der Waals surface area contributed by atoms with E-state index in [1.54, 1.807) is 19.2 Å². The number of pyridine rings is 1. The first-order chi connectivity index (χ1) is 7.74. The van der Waals surface area contributed by atoms with Crippen LogP contribution in [0, 0.1) is 0 Å². The van der Waals surface area contributed by atoms with Crippen molar-refractivity contribution in [2.24, 2.45) is 0 Å². The first-order valence-corrected chi connectivity index (χ1v) is 5.12. The number of rotatable bonds is 2. The highest BCUT2D eigenvalue weighted by Gasteiger charge is 2.35. The summed E-state index contributed by atoms with van der Waals surface area (Å²) >= 11 is 0. The molecule has 1 amide bonds. The van der Waals surface area contributed by atoms with Crippen LogP contribution in [0.15, 0.2) is 18.3 Å². The summed E-state index contributed by atoms with van der Waals surface area (Å²) < 4.78 is 4.87. The first-order valence-electron chi connectivity index (χ1n) is 5.12. The fourth-order valence-corrected chi connectivity index (χ4v) is 1.71. The largest absolute Gasteiger partial charge is 0.465 e. The number of amides is 1. The molecule has 84 valence electrons. The number of carbonyl (C=O) groups excluding carboxylic acids is 2. The molecule has 0 aromatic carbocycles. The Morgan fingerprint density at radius 1 is 1.69 bits per heavy atom. The zero-order valence-corrected chi connectivity index (χ0v) is 8.90. The highest BCUT2D eigenvalue weighted by Crippen LogP contribution is 2.23. The molecule has 0 spiro atoms. The van der Waals surface area contributed by atoms with Crippen molar-refractivity contribution in [1.29, 1.82) is 0 Å². The molecule has 1 aliphatic rings. The monoisotopic (exact) mass is 220 g/mol. The molecule has 0 unspecified atom stereocenters. The molecule has 1 aromatic heterocycles. The third-order valence-electron chi connectivity index (χ3n) is 2.44. The Bertz CT molecular complexity index is 431. The predicted octanol–water partition coefficient (Wildman–Crippen LogP) is 0.358. The van der Waals surface area contributed by atoms with Gasteiger partial charge in [0.05, 0.1) is 12.3 Å². The van der Waals surface area contributed by atoms with Crippen molar-refractivity contribution in [2.75, 3.05) is 6.61 Å². The zero-order chi connectivity index (χ0) is 11.5.